The van der Waals surface area contributed by atoms with Gasteiger partial charge in [0.05, 0.1) is 6.04 Å². The minimum Gasteiger partial charge on any atom is -0.354 e. The molecule has 2 unspecified atom stereocenters. The highest BCUT2D eigenvalue weighted by Gasteiger charge is 2.12. The van der Waals surface area contributed by atoms with Crippen molar-refractivity contribution in [2.24, 2.45) is 5.73 Å². The van der Waals surface area contributed by atoms with Crippen LogP contribution in [0.5, 0.6) is 0 Å². The monoisotopic (exact) mass is 268 g/mol. The third-order valence-corrected chi connectivity index (χ3v) is 3.39. The summed E-state index contributed by atoms with van der Waals surface area (Å²) in [5, 5.41) is 2.69. The molecule has 4 nitrogen and oxygen atoms in total. The van der Waals surface area contributed by atoms with Crippen molar-refractivity contribution in [1.29, 1.82) is 0 Å². The molecule has 0 aliphatic heterocycles. The largest absolute Gasteiger partial charge is 0.354 e. The number of carbonyl (C=O) groups excluding carboxylic acids is 1. The van der Waals surface area contributed by atoms with Gasteiger partial charge in [-0.05, 0) is 18.4 Å². The minimum atomic E-state index is -0.884. The van der Waals surface area contributed by atoms with Crippen LogP contribution in [0.4, 0.5) is 0 Å². The number of carbonyl (C=O) groups is 1. The van der Waals surface area contributed by atoms with Gasteiger partial charge in [0.15, 0.2) is 0 Å². The number of benzene rings is 1. The van der Waals surface area contributed by atoms with Crippen molar-refractivity contribution in [2.75, 3.05) is 18.6 Å². The SMILES string of the molecule is CS(=O)CCNC(=O)C(N)CCc1ccccc1. The molecule has 100 valence electrons. The molecule has 2 atom stereocenters. The van der Waals surface area contributed by atoms with Gasteiger partial charge in [0.25, 0.3) is 0 Å². The Bertz CT molecular complexity index is 395. The van der Waals surface area contributed by atoms with Gasteiger partial charge in [0.1, 0.15) is 0 Å². The second-order valence-corrected chi connectivity index (χ2v) is 5.75. The standard InChI is InChI=1S/C13H20N2O2S/c1-18(17)10-9-15-13(16)12(14)8-7-11-5-3-2-4-6-11/h2-6,12H,7-10,14H2,1H3,(H,15,16). The lowest BCUT2D eigenvalue weighted by Crippen LogP contribution is -2.42. The fourth-order valence-electron chi connectivity index (χ4n) is 1.55. The first-order valence-electron chi connectivity index (χ1n) is 5.97. The first kappa shape index (κ1) is 14.9. The van der Waals surface area contributed by atoms with Crippen molar-refractivity contribution >= 4 is 16.7 Å². The average molecular weight is 268 g/mol. The van der Waals surface area contributed by atoms with Crippen molar-refractivity contribution < 1.29 is 9.00 Å². The summed E-state index contributed by atoms with van der Waals surface area (Å²) < 4.78 is 10.8. The van der Waals surface area contributed by atoms with Crippen LogP contribution in [0.3, 0.4) is 0 Å². The Hall–Kier alpha value is -1.20. The van der Waals surface area contributed by atoms with Gasteiger partial charge in [-0.3, -0.25) is 9.00 Å². The zero-order chi connectivity index (χ0) is 13.4. The lowest BCUT2D eigenvalue weighted by Gasteiger charge is -2.11. The summed E-state index contributed by atoms with van der Waals surface area (Å²) in [4.78, 5) is 11.6. The zero-order valence-corrected chi connectivity index (χ0v) is 11.4. The second-order valence-electron chi connectivity index (χ2n) is 4.20. The summed E-state index contributed by atoms with van der Waals surface area (Å²) in [6.07, 6.45) is 3.02. The van der Waals surface area contributed by atoms with E-state index in [2.05, 4.69) is 5.32 Å². The fourth-order valence-corrected chi connectivity index (χ4v) is 1.94. The Labute approximate surface area is 110 Å². The van der Waals surface area contributed by atoms with E-state index in [1.165, 1.54) is 5.56 Å². The van der Waals surface area contributed by atoms with Gasteiger partial charge in [-0.2, -0.15) is 0 Å². The Balaban J connectivity index is 2.25. The van der Waals surface area contributed by atoms with Gasteiger partial charge >= 0.3 is 0 Å². The molecule has 0 heterocycles. The van der Waals surface area contributed by atoms with Crippen molar-refractivity contribution in [3.05, 3.63) is 35.9 Å². The number of nitrogens with one attached hydrogen (secondary N) is 1. The number of nitrogens with two attached hydrogens (primary N) is 1. The number of hydrogen-bond donors (Lipinski definition) is 2. The fraction of sp³-hybridized carbons (Fsp3) is 0.462. The van der Waals surface area contributed by atoms with Gasteiger partial charge in [0.2, 0.25) is 5.91 Å². The number of amides is 1. The maximum atomic E-state index is 11.6. The normalized spacial score (nSPS) is 13.9. The van der Waals surface area contributed by atoms with Crippen molar-refractivity contribution in [3.63, 3.8) is 0 Å². The second kappa shape index (κ2) is 8.00. The van der Waals surface area contributed by atoms with Crippen LogP contribution in [-0.2, 0) is 22.0 Å². The number of hydrogen-bond acceptors (Lipinski definition) is 3. The number of rotatable bonds is 7. The van der Waals surface area contributed by atoms with Gasteiger partial charge in [-0.1, -0.05) is 30.3 Å². The summed E-state index contributed by atoms with van der Waals surface area (Å²) in [5.41, 5.74) is 6.97. The predicted molar refractivity (Wildman–Crippen MR) is 74.7 cm³/mol. The first-order chi connectivity index (χ1) is 8.59. The molecule has 0 aliphatic rings. The van der Waals surface area contributed by atoms with Crippen LogP contribution in [0.1, 0.15) is 12.0 Å². The quantitative estimate of drug-likeness (QED) is 0.754. The molecule has 1 rings (SSSR count). The Morgan fingerprint density at radius 1 is 1.39 bits per heavy atom. The molecule has 0 radical (unpaired) electrons. The highest BCUT2D eigenvalue weighted by molar-refractivity contribution is 7.84. The molecule has 1 aromatic carbocycles. The molecule has 1 aromatic rings. The molecular formula is C13H20N2O2S. The topological polar surface area (TPSA) is 72.2 Å². The molecule has 5 heteroatoms. The van der Waals surface area contributed by atoms with Gasteiger partial charge in [-0.15, -0.1) is 0 Å². The van der Waals surface area contributed by atoms with E-state index < -0.39 is 16.8 Å². The van der Waals surface area contributed by atoms with E-state index in [0.29, 0.717) is 18.7 Å². The molecule has 0 saturated heterocycles. The van der Waals surface area contributed by atoms with E-state index >= 15 is 0 Å². The zero-order valence-electron chi connectivity index (χ0n) is 10.6. The molecular weight excluding hydrogens is 248 g/mol. The molecule has 0 saturated carbocycles. The van der Waals surface area contributed by atoms with Crippen LogP contribution in [0, 0.1) is 0 Å². The van der Waals surface area contributed by atoms with E-state index in [1.54, 1.807) is 6.26 Å². The van der Waals surface area contributed by atoms with E-state index in [1.807, 2.05) is 30.3 Å². The Morgan fingerprint density at radius 2 is 2.06 bits per heavy atom. The molecule has 3 N–H and O–H groups in total. The summed E-state index contributed by atoms with van der Waals surface area (Å²) in [6.45, 7) is 0.418. The lowest BCUT2D eigenvalue weighted by molar-refractivity contribution is -0.122. The first-order valence-corrected chi connectivity index (χ1v) is 7.69. The smallest absolute Gasteiger partial charge is 0.236 e. The van der Waals surface area contributed by atoms with E-state index in [0.717, 1.165) is 6.42 Å². The minimum absolute atomic E-state index is 0.170. The Morgan fingerprint density at radius 3 is 2.67 bits per heavy atom. The van der Waals surface area contributed by atoms with Crippen molar-refractivity contribution in [1.82, 2.24) is 5.32 Å². The maximum absolute atomic E-state index is 11.6. The van der Waals surface area contributed by atoms with Crippen LogP contribution in [0.25, 0.3) is 0 Å². The summed E-state index contributed by atoms with van der Waals surface area (Å²) in [5.74, 6) is 0.299. The lowest BCUT2D eigenvalue weighted by atomic mass is 10.1. The third kappa shape index (κ3) is 5.93. The van der Waals surface area contributed by atoms with Crippen LogP contribution in [-0.4, -0.2) is 34.7 Å². The van der Waals surface area contributed by atoms with E-state index in [4.69, 9.17) is 5.73 Å². The summed E-state index contributed by atoms with van der Waals surface area (Å²) in [7, 11) is -0.884. The molecule has 0 aromatic heterocycles. The molecule has 0 spiro atoms. The molecule has 1 amide bonds. The highest BCUT2D eigenvalue weighted by Crippen LogP contribution is 2.03. The van der Waals surface area contributed by atoms with Gasteiger partial charge < -0.3 is 11.1 Å². The summed E-state index contributed by atoms with van der Waals surface area (Å²) in [6, 6.07) is 9.43. The van der Waals surface area contributed by atoms with E-state index in [9.17, 15) is 9.00 Å². The molecule has 0 aliphatic carbocycles. The molecule has 0 fully saturated rings. The van der Waals surface area contributed by atoms with Gasteiger partial charge in [-0.25, -0.2) is 0 Å². The van der Waals surface area contributed by atoms with Crippen molar-refractivity contribution in [3.8, 4) is 0 Å². The van der Waals surface area contributed by atoms with Crippen LogP contribution in [0.15, 0.2) is 30.3 Å². The Kier molecular flexibility index (Phi) is 6.60. The predicted octanol–water partition coefficient (Wildman–Crippen LogP) is 0.441. The van der Waals surface area contributed by atoms with E-state index in [-0.39, 0.29) is 5.91 Å². The highest BCUT2D eigenvalue weighted by atomic mass is 32.2. The van der Waals surface area contributed by atoms with Crippen LogP contribution >= 0.6 is 0 Å². The molecule has 0 bridgehead atoms. The summed E-state index contributed by atoms with van der Waals surface area (Å²) >= 11 is 0. The average Bonchev–Trinajstić information content (AvgIpc) is 2.36. The van der Waals surface area contributed by atoms with Crippen LogP contribution in [0.2, 0.25) is 0 Å². The third-order valence-electron chi connectivity index (χ3n) is 2.61. The van der Waals surface area contributed by atoms with Crippen molar-refractivity contribution in [2.45, 2.75) is 18.9 Å². The van der Waals surface area contributed by atoms with Crippen LogP contribution < -0.4 is 11.1 Å². The maximum Gasteiger partial charge on any atom is 0.236 e. The van der Waals surface area contributed by atoms with Gasteiger partial charge in [0, 0.05) is 29.4 Å². The molecule has 18 heavy (non-hydrogen) atoms. The number of aryl methyl sites for hydroxylation is 1.